The van der Waals surface area contributed by atoms with Gasteiger partial charge in [0.25, 0.3) is 0 Å². The molecule has 0 saturated heterocycles. The van der Waals surface area contributed by atoms with Crippen molar-refractivity contribution >= 4 is 11.0 Å². The van der Waals surface area contributed by atoms with Gasteiger partial charge < -0.3 is 18.6 Å². The summed E-state index contributed by atoms with van der Waals surface area (Å²) in [5, 5.41) is 0.491. The van der Waals surface area contributed by atoms with Crippen molar-refractivity contribution in [1.82, 2.24) is 0 Å². The number of hydrogen-bond acceptors (Lipinski definition) is 5. The van der Waals surface area contributed by atoms with Gasteiger partial charge in [-0.3, -0.25) is 4.79 Å². The van der Waals surface area contributed by atoms with Crippen LogP contribution >= 0.6 is 0 Å². The quantitative estimate of drug-likeness (QED) is 0.727. The third kappa shape index (κ3) is 2.40. The van der Waals surface area contributed by atoms with Crippen molar-refractivity contribution in [3.63, 3.8) is 0 Å². The second-order valence-corrected chi connectivity index (χ2v) is 5.20. The minimum atomic E-state index is -0.116. The first kappa shape index (κ1) is 13.7. The highest BCUT2D eigenvalue weighted by atomic mass is 16.6. The van der Waals surface area contributed by atoms with E-state index in [0.29, 0.717) is 47.2 Å². The lowest BCUT2D eigenvalue weighted by atomic mass is 10.1. The number of benzene rings is 2. The predicted octanol–water partition coefficient (Wildman–Crippen LogP) is 3.24. The molecular weight excluding hydrogens is 296 g/mol. The fourth-order valence-electron chi connectivity index (χ4n) is 2.60. The maximum absolute atomic E-state index is 12.4. The predicted molar refractivity (Wildman–Crippen MR) is 85.5 cm³/mol. The van der Waals surface area contributed by atoms with Gasteiger partial charge in [-0.1, -0.05) is 0 Å². The lowest BCUT2D eigenvalue weighted by molar-refractivity contribution is 0.171. The summed E-state index contributed by atoms with van der Waals surface area (Å²) in [6, 6.07) is 12.1. The van der Waals surface area contributed by atoms with Crippen LogP contribution in [0.1, 0.15) is 0 Å². The molecule has 0 spiro atoms. The summed E-state index contributed by atoms with van der Waals surface area (Å²) in [6.45, 7) is 1.05. The third-order valence-electron chi connectivity index (χ3n) is 3.76. The van der Waals surface area contributed by atoms with Crippen molar-refractivity contribution < 1.29 is 18.6 Å². The van der Waals surface area contributed by atoms with Crippen LogP contribution in [0.5, 0.6) is 17.2 Å². The Morgan fingerprint density at radius 3 is 2.61 bits per heavy atom. The van der Waals surface area contributed by atoms with Gasteiger partial charge in [-0.2, -0.15) is 0 Å². The van der Waals surface area contributed by atoms with E-state index in [4.69, 9.17) is 18.6 Å². The van der Waals surface area contributed by atoms with Gasteiger partial charge >= 0.3 is 0 Å². The van der Waals surface area contributed by atoms with Crippen molar-refractivity contribution in [3.8, 4) is 28.6 Å². The van der Waals surface area contributed by atoms with E-state index in [2.05, 4.69) is 0 Å². The van der Waals surface area contributed by atoms with E-state index in [-0.39, 0.29) is 5.43 Å². The van der Waals surface area contributed by atoms with Crippen LogP contribution in [0.15, 0.2) is 51.7 Å². The Hall–Kier alpha value is -2.95. The smallest absolute Gasteiger partial charge is 0.193 e. The number of ether oxygens (including phenoxy) is 3. The van der Waals surface area contributed by atoms with E-state index in [9.17, 15) is 4.79 Å². The maximum Gasteiger partial charge on any atom is 0.193 e. The molecule has 4 rings (SSSR count). The van der Waals surface area contributed by atoms with E-state index in [1.165, 1.54) is 6.07 Å². The van der Waals surface area contributed by atoms with Crippen molar-refractivity contribution in [2.24, 2.45) is 0 Å². The van der Waals surface area contributed by atoms with Gasteiger partial charge in [0.15, 0.2) is 16.9 Å². The van der Waals surface area contributed by atoms with Gasteiger partial charge in [0, 0.05) is 11.6 Å². The highest BCUT2D eigenvalue weighted by Gasteiger charge is 2.14. The first-order valence-corrected chi connectivity index (χ1v) is 7.26. The van der Waals surface area contributed by atoms with E-state index in [0.717, 1.165) is 5.56 Å². The molecule has 5 heteroatoms. The monoisotopic (exact) mass is 310 g/mol. The Morgan fingerprint density at radius 2 is 1.78 bits per heavy atom. The first-order chi connectivity index (χ1) is 11.2. The Bertz CT molecular complexity index is 942. The van der Waals surface area contributed by atoms with E-state index in [1.54, 1.807) is 25.3 Å². The van der Waals surface area contributed by atoms with E-state index < -0.39 is 0 Å². The zero-order chi connectivity index (χ0) is 15.8. The largest absolute Gasteiger partial charge is 0.497 e. The number of hydrogen-bond donors (Lipinski definition) is 0. The highest BCUT2D eigenvalue weighted by molar-refractivity contribution is 5.80. The average Bonchev–Trinajstić information content (AvgIpc) is 2.61. The van der Waals surface area contributed by atoms with Crippen molar-refractivity contribution in [1.29, 1.82) is 0 Å². The molecule has 0 radical (unpaired) electrons. The van der Waals surface area contributed by atoms with Crippen molar-refractivity contribution in [3.05, 3.63) is 52.7 Å². The summed E-state index contributed by atoms with van der Waals surface area (Å²) in [5.41, 5.74) is 1.17. The molecule has 0 amide bonds. The summed E-state index contributed by atoms with van der Waals surface area (Å²) < 4.78 is 22.1. The molecule has 0 bridgehead atoms. The Kier molecular flexibility index (Phi) is 3.19. The number of methoxy groups -OCH3 is 1. The molecule has 0 N–H and O–H groups in total. The summed E-state index contributed by atoms with van der Waals surface area (Å²) in [7, 11) is 1.56. The molecule has 1 aliphatic rings. The molecule has 23 heavy (non-hydrogen) atoms. The van der Waals surface area contributed by atoms with Gasteiger partial charge in [0.05, 0.1) is 12.5 Å². The molecule has 116 valence electrons. The molecule has 0 saturated carbocycles. The Labute approximate surface area is 132 Å². The van der Waals surface area contributed by atoms with Crippen LogP contribution in [0.2, 0.25) is 0 Å². The average molecular weight is 310 g/mol. The lowest BCUT2D eigenvalue weighted by Gasteiger charge is -2.18. The highest BCUT2D eigenvalue weighted by Crippen LogP contribution is 2.35. The topological polar surface area (TPSA) is 57.9 Å². The van der Waals surface area contributed by atoms with E-state index >= 15 is 0 Å². The van der Waals surface area contributed by atoms with E-state index in [1.807, 2.05) is 18.2 Å². The Morgan fingerprint density at radius 1 is 0.957 bits per heavy atom. The van der Waals surface area contributed by atoms with Gasteiger partial charge in [-0.25, -0.2) is 0 Å². The molecule has 1 aliphatic heterocycles. The van der Waals surface area contributed by atoms with Crippen LogP contribution in [0.3, 0.4) is 0 Å². The zero-order valence-corrected chi connectivity index (χ0v) is 12.5. The Balaban J connectivity index is 1.84. The van der Waals surface area contributed by atoms with Crippen molar-refractivity contribution in [2.45, 2.75) is 0 Å². The molecule has 0 unspecified atom stereocenters. The van der Waals surface area contributed by atoms with Crippen LogP contribution < -0.4 is 19.6 Å². The minimum absolute atomic E-state index is 0.116. The summed E-state index contributed by atoms with van der Waals surface area (Å²) in [4.78, 5) is 12.4. The fourth-order valence-corrected chi connectivity index (χ4v) is 2.60. The molecule has 0 fully saturated rings. The summed E-state index contributed by atoms with van der Waals surface area (Å²) in [6.07, 6.45) is 0. The first-order valence-electron chi connectivity index (χ1n) is 7.26. The van der Waals surface area contributed by atoms with Crippen LogP contribution in [0.4, 0.5) is 0 Å². The second-order valence-electron chi connectivity index (χ2n) is 5.20. The molecule has 0 aliphatic carbocycles. The van der Waals surface area contributed by atoms with Crippen molar-refractivity contribution in [2.75, 3.05) is 20.3 Å². The molecule has 0 atom stereocenters. The molecule has 5 nitrogen and oxygen atoms in total. The van der Waals surface area contributed by atoms with Gasteiger partial charge in [-0.05, 0) is 36.4 Å². The standard InChI is InChI=1S/C18H14O5/c1-20-12-3-5-15-13(9-12)14(19)10-17(23-15)11-2-4-16-18(8-11)22-7-6-21-16/h2-5,8-10H,6-7H2,1H3. The van der Waals surface area contributed by atoms with Gasteiger partial charge in [-0.15, -0.1) is 0 Å². The maximum atomic E-state index is 12.4. The third-order valence-corrected chi connectivity index (χ3v) is 3.76. The molecule has 2 aromatic carbocycles. The minimum Gasteiger partial charge on any atom is -0.497 e. The summed E-state index contributed by atoms with van der Waals surface area (Å²) >= 11 is 0. The molecule has 1 aromatic heterocycles. The van der Waals surface area contributed by atoms with Crippen LogP contribution in [-0.2, 0) is 0 Å². The van der Waals surface area contributed by atoms with Crippen LogP contribution in [0, 0.1) is 0 Å². The van der Waals surface area contributed by atoms with Gasteiger partial charge in [0.1, 0.15) is 30.3 Å². The molecular formula is C18H14O5. The van der Waals surface area contributed by atoms with Crippen LogP contribution in [0.25, 0.3) is 22.3 Å². The second kappa shape index (κ2) is 5.35. The van der Waals surface area contributed by atoms with Crippen LogP contribution in [-0.4, -0.2) is 20.3 Å². The fraction of sp³-hybridized carbons (Fsp3) is 0.167. The molecule has 2 heterocycles. The SMILES string of the molecule is COc1ccc2oc(-c3ccc4c(c3)OCCO4)cc(=O)c2c1. The summed E-state index contributed by atoms with van der Waals surface area (Å²) in [5.74, 6) is 2.47. The zero-order valence-electron chi connectivity index (χ0n) is 12.5. The number of rotatable bonds is 2. The van der Waals surface area contributed by atoms with Gasteiger partial charge in [0.2, 0.25) is 0 Å². The normalized spacial score (nSPS) is 13.1. The number of fused-ring (bicyclic) bond motifs is 2. The molecule has 3 aromatic rings. The lowest BCUT2D eigenvalue weighted by Crippen LogP contribution is -2.15.